The van der Waals surface area contributed by atoms with Gasteiger partial charge in [-0.3, -0.25) is 29.7 Å². The largest absolute Gasteiger partial charge is 0.329 e. The SMILES string of the molecule is O=C1N/C(=C\c2c(-c3ccccc3)[nH]n(-c3ccc([N+](=O)[O-])cc3)c2=O)C(=O)N1Cc1cccc(F)c1. The van der Waals surface area contributed by atoms with E-state index in [-0.39, 0.29) is 23.5 Å². The number of aromatic nitrogens is 2. The number of nitro groups is 1. The minimum atomic E-state index is -0.701. The van der Waals surface area contributed by atoms with E-state index in [0.717, 1.165) is 4.90 Å². The summed E-state index contributed by atoms with van der Waals surface area (Å²) in [5.41, 5.74) is 1.09. The second-order valence-electron chi connectivity index (χ2n) is 8.19. The van der Waals surface area contributed by atoms with Crippen LogP contribution < -0.4 is 10.9 Å². The van der Waals surface area contributed by atoms with E-state index in [1.807, 2.05) is 0 Å². The van der Waals surface area contributed by atoms with Crippen molar-refractivity contribution < 1.29 is 18.9 Å². The van der Waals surface area contributed by atoms with Crippen LogP contribution in [0.15, 0.2) is 89.4 Å². The average Bonchev–Trinajstić information content (AvgIpc) is 3.35. The first-order valence-corrected chi connectivity index (χ1v) is 11.1. The molecule has 0 saturated carbocycles. The van der Waals surface area contributed by atoms with Crippen LogP contribution in [-0.4, -0.2) is 31.5 Å². The first-order valence-electron chi connectivity index (χ1n) is 11.1. The smallest absolute Gasteiger partial charge is 0.303 e. The summed E-state index contributed by atoms with van der Waals surface area (Å²) in [6, 6.07) is 19.1. The van der Waals surface area contributed by atoms with Crippen molar-refractivity contribution in [2.45, 2.75) is 6.54 Å². The molecule has 1 aliphatic rings. The Hall–Kier alpha value is -5.32. The van der Waals surface area contributed by atoms with Crippen molar-refractivity contribution >= 4 is 23.7 Å². The summed E-state index contributed by atoms with van der Waals surface area (Å²) in [6.45, 7) is -0.147. The lowest BCUT2D eigenvalue weighted by Crippen LogP contribution is -2.30. The van der Waals surface area contributed by atoms with Gasteiger partial charge in [0, 0.05) is 17.7 Å². The number of amides is 3. The number of halogens is 1. The number of aromatic amines is 1. The fraction of sp³-hybridized carbons (Fsp3) is 0.0385. The molecule has 5 rings (SSSR count). The Bertz CT molecular complexity index is 1620. The van der Waals surface area contributed by atoms with Gasteiger partial charge < -0.3 is 5.32 Å². The van der Waals surface area contributed by atoms with Gasteiger partial charge in [0.1, 0.15) is 11.5 Å². The number of nitrogens with zero attached hydrogens (tertiary/aromatic N) is 3. The molecule has 2 heterocycles. The Morgan fingerprint density at radius 1 is 0.946 bits per heavy atom. The molecule has 10 nitrogen and oxygen atoms in total. The van der Waals surface area contributed by atoms with Crippen LogP contribution in [0, 0.1) is 15.9 Å². The molecule has 2 N–H and O–H groups in total. The monoisotopic (exact) mass is 499 g/mol. The van der Waals surface area contributed by atoms with E-state index in [4.69, 9.17) is 0 Å². The summed E-state index contributed by atoms with van der Waals surface area (Å²) in [7, 11) is 0. The molecule has 0 spiro atoms. The summed E-state index contributed by atoms with van der Waals surface area (Å²) in [6.07, 6.45) is 1.29. The van der Waals surface area contributed by atoms with Crippen LogP contribution >= 0.6 is 0 Å². The quantitative estimate of drug-likeness (QED) is 0.179. The van der Waals surface area contributed by atoms with E-state index in [2.05, 4.69) is 10.4 Å². The van der Waals surface area contributed by atoms with E-state index in [0.29, 0.717) is 22.5 Å². The standard InChI is InChI=1S/C26H18FN5O5/c27-18-8-4-5-16(13-18)15-30-25(34)22(28-26(30)35)14-21-23(17-6-2-1-3-7-17)29-31(24(21)33)19-9-11-20(12-10-19)32(36)37/h1-14,29H,15H2,(H,28,35)/b22-14-. The van der Waals surface area contributed by atoms with Crippen LogP contribution in [0.4, 0.5) is 14.9 Å². The third kappa shape index (κ3) is 4.52. The van der Waals surface area contributed by atoms with E-state index < -0.39 is 28.2 Å². The van der Waals surface area contributed by atoms with Gasteiger partial charge in [0.25, 0.3) is 17.2 Å². The molecule has 3 amide bonds. The number of benzene rings is 3. The number of rotatable bonds is 6. The van der Waals surface area contributed by atoms with Crippen LogP contribution in [0.1, 0.15) is 11.1 Å². The number of nitro benzene ring substituents is 1. The normalized spacial score (nSPS) is 14.3. The van der Waals surface area contributed by atoms with Gasteiger partial charge in [-0.05, 0) is 35.9 Å². The van der Waals surface area contributed by atoms with Crippen molar-refractivity contribution in [1.29, 1.82) is 0 Å². The molecule has 1 fully saturated rings. The molecule has 3 aromatic carbocycles. The number of hydrogen-bond donors (Lipinski definition) is 2. The first kappa shape index (κ1) is 23.4. The lowest BCUT2D eigenvalue weighted by Gasteiger charge is -2.11. The number of hydrogen-bond acceptors (Lipinski definition) is 5. The van der Waals surface area contributed by atoms with Gasteiger partial charge in [-0.2, -0.15) is 0 Å². The maximum atomic E-state index is 13.6. The molecule has 1 aromatic heterocycles. The number of nitrogens with one attached hydrogen (secondary N) is 2. The average molecular weight is 499 g/mol. The molecule has 0 bridgehead atoms. The summed E-state index contributed by atoms with van der Waals surface area (Å²) in [5, 5.41) is 16.5. The van der Waals surface area contributed by atoms with E-state index in [9.17, 15) is 28.9 Å². The van der Waals surface area contributed by atoms with Crippen LogP contribution in [0.5, 0.6) is 0 Å². The highest BCUT2D eigenvalue weighted by Crippen LogP contribution is 2.25. The highest BCUT2D eigenvalue weighted by Gasteiger charge is 2.34. The highest BCUT2D eigenvalue weighted by atomic mass is 19.1. The zero-order chi connectivity index (χ0) is 26.1. The summed E-state index contributed by atoms with van der Waals surface area (Å²) >= 11 is 0. The lowest BCUT2D eigenvalue weighted by atomic mass is 10.1. The van der Waals surface area contributed by atoms with E-state index in [1.54, 1.807) is 36.4 Å². The number of imide groups is 1. The number of carbonyl (C=O) groups is 2. The minimum absolute atomic E-state index is 0.0980. The molecule has 1 saturated heterocycles. The molecular weight excluding hydrogens is 481 g/mol. The second kappa shape index (κ2) is 9.38. The molecular formula is C26H18FN5O5. The Morgan fingerprint density at radius 3 is 2.35 bits per heavy atom. The number of H-pyrrole nitrogens is 1. The van der Waals surface area contributed by atoms with Crippen molar-refractivity contribution in [2.75, 3.05) is 0 Å². The minimum Gasteiger partial charge on any atom is -0.303 e. The van der Waals surface area contributed by atoms with Crippen LogP contribution in [0.3, 0.4) is 0 Å². The third-order valence-electron chi connectivity index (χ3n) is 5.79. The zero-order valence-corrected chi connectivity index (χ0v) is 19.1. The second-order valence-corrected chi connectivity index (χ2v) is 8.19. The van der Waals surface area contributed by atoms with Crippen molar-refractivity contribution in [3.8, 4) is 16.9 Å². The molecule has 11 heteroatoms. The molecule has 0 unspecified atom stereocenters. The Labute approximate surface area is 208 Å². The molecule has 0 atom stereocenters. The van der Waals surface area contributed by atoms with Crippen LogP contribution in [0.25, 0.3) is 23.0 Å². The molecule has 0 radical (unpaired) electrons. The van der Waals surface area contributed by atoms with Gasteiger partial charge >= 0.3 is 6.03 Å². The fourth-order valence-corrected chi connectivity index (χ4v) is 3.99. The Balaban J connectivity index is 1.56. The summed E-state index contributed by atoms with van der Waals surface area (Å²) in [4.78, 5) is 50.4. The predicted octanol–water partition coefficient (Wildman–Crippen LogP) is 3.97. The lowest BCUT2D eigenvalue weighted by molar-refractivity contribution is -0.384. The summed E-state index contributed by atoms with van der Waals surface area (Å²) in [5.74, 6) is -1.16. The molecule has 37 heavy (non-hydrogen) atoms. The maximum absolute atomic E-state index is 13.6. The van der Waals surface area contributed by atoms with Gasteiger partial charge in [0.05, 0.1) is 28.4 Å². The van der Waals surface area contributed by atoms with Crippen molar-refractivity contribution in [1.82, 2.24) is 20.0 Å². The van der Waals surface area contributed by atoms with Crippen LogP contribution in [0.2, 0.25) is 0 Å². The Morgan fingerprint density at radius 2 is 1.68 bits per heavy atom. The van der Waals surface area contributed by atoms with Gasteiger partial charge in [-0.25, -0.2) is 13.9 Å². The predicted molar refractivity (Wildman–Crippen MR) is 132 cm³/mol. The van der Waals surface area contributed by atoms with Gasteiger partial charge in [-0.1, -0.05) is 42.5 Å². The fourth-order valence-electron chi connectivity index (χ4n) is 3.99. The highest BCUT2D eigenvalue weighted by molar-refractivity contribution is 6.14. The number of carbonyl (C=O) groups excluding carboxylic acids is 2. The number of non-ortho nitro benzene ring substituents is 1. The van der Waals surface area contributed by atoms with Gasteiger partial charge in [-0.15, -0.1) is 0 Å². The zero-order valence-electron chi connectivity index (χ0n) is 19.1. The Kier molecular flexibility index (Phi) is 5.94. The first-order chi connectivity index (χ1) is 17.8. The van der Waals surface area contributed by atoms with Crippen molar-refractivity contribution in [3.05, 3.63) is 122 Å². The van der Waals surface area contributed by atoms with E-state index in [1.165, 1.54) is 53.2 Å². The summed E-state index contributed by atoms with van der Waals surface area (Å²) < 4.78 is 14.8. The molecule has 1 aliphatic heterocycles. The topological polar surface area (TPSA) is 130 Å². The molecule has 4 aromatic rings. The van der Waals surface area contributed by atoms with Crippen molar-refractivity contribution in [3.63, 3.8) is 0 Å². The third-order valence-corrected chi connectivity index (χ3v) is 5.79. The maximum Gasteiger partial charge on any atom is 0.329 e. The van der Waals surface area contributed by atoms with Crippen LogP contribution in [-0.2, 0) is 11.3 Å². The van der Waals surface area contributed by atoms with Gasteiger partial charge in [0.2, 0.25) is 0 Å². The molecule has 184 valence electrons. The van der Waals surface area contributed by atoms with Gasteiger partial charge in [0.15, 0.2) is 0 Å². The molecule has 0 aliphatic carbocycles. The van der Waals surface area contributed by atoms with E-state index >= 15 is 0 Å². The number of urea groups is 1. The van der Waals surface area contributed by atoms with Crippen molar-refractivity contribution in [2.24, 2.45) is 0 Å².